The van der Waals surface area contributed by atoms with Gasteiger partial charge in [0.1, 0.15) is 5.75 Å². The van der Waals surface area contributed by atoms with E-state index in [4.69, 9.17) is 0 Å². The fourth-order valence-corrected chi connectivity index (χ4v) is 3.15. The number of nitrogens with one attached hydrogen (secondary N) is 1. The molecule has 0 saturated heterocycles. The van der Waals surface area contributed by atoms with E-state index in [9.17, 15) is 5.11 Å². The van der Waals surface area contributed by atoms with Gasteiger partial charge in [-0.25, -0.2) is 0 Å². The molecule has 1 heterocycles. The van der Waals surface area contributed by atoms with Crippen molar-refractivity contribution in [1.29, 1.82) is 0 Å². The maximum absolute atomic E-state index is 9.58. The minimum Gasteiger partial charge on any atom is -0.508 e. The minimum atomic E-state index is 0.322. The first kappa shape index (κ1) is 12.7. The van der Waals surface area contributed by atoms with E-state index in [0.29, 0.717) is 11.8 Å². The van der Waals surface area contributed by atoms with Crippen molar-refractivity contribution >= 4 is 15.9 Å². The monoisotopic (exact) mass is 317 g/mol. The third-order valence-electron chi connectivity index (χ3n) is 3.67. The van der Waals surface area contributed by atoms with Gasteiger partial charge in [0.2, 0.25) is 0 Å². The van der Waals surface area contributed by atoms with Crippen LogP contribution in [0, 0.1) is 0 Å². The Morgan fingerprint density at radius 1 is 1.21 bits per heavy atom. The van der Waals surface area contributed by atoms with Gasteiger partial charge >= 0.3 is 0 Å². The highest BCUT2D eigenvalue weighted by molar-refractivity contribution is 9.10. The highest BCUT2D eigenvalue weighted by Gasteiger charge is 2.20. The van der Waals surface area contributed by atoms with E-state index in [1.807, 2.05) is 18.2 Å². The van der Waals surface area contributed by atoms with Crippen LogP contribution >= 0.6 is 15.9 Å². The van der Waals surface area contributed by atoms with Crippen LogP contribution in [-0.2, 0) is 12.8 Å². The predicted octanol–water partition coefficient (Wildman–Crippen LogP) is 3.58. The molecule has 2 aromatic rings. The Labute approximate surface area is 121 Å². The first-order valence-electron chi connectivity index (χ1n) is 6.52. The zero-order valence-electron chi connectivity index (χ0n) is 10.6. The normalized spacial score (nSPS) is 18.1. The van der Waals surface area contributed by atoms with E-state index in [-0.39, 0.29) is 0 Å². The third kappa shape index (κ3) is 2.67. The van der Waals surface area contributed by atoms with Gasteiger partial charge < -0.3 is 10.4 Å². The molecule has 3 heteroatoms. The minimum absolute atomic E-state index is 0.322. The Morgan fingerprint density at radius 3 is 2.89 bits per heavy atom. The van der Waals surface area contributed by atoms with Crippen molar-refractivity contribution in [3.63, 3.8) is 0 Å². The number of halogens is 1. The number of benzene rings is 2. The molecule has 0 aromatic heterocycles. The van der Waals surface area contributed by atoms with Crippen LogP contribution in [0.2, 0.25) is 0 Å². The highest BCUT2D eigenvalue weighted by atomic mass is 79.9. The van der Waals surface area contributed by atoms with Gasteiger partial charge in [-0.1, -0.05) is 40.2 Å². The SMILES string of the molecule is Oc1ccc2c(c1)CCNC2Cc1ccccc1Br. The van der Waals surface area contributed by atoms with Gasteiger partial charge in [0.05, 0.1) is 0 Å². The molecule has 0 saturated carbocycles. The molecule has 0 radical (unpaired) electrons. The number of phenols is 1. The van der Waals surface area contributed by atoms with Crippen molar-refractivity contribution < 1.29 is 5.11 Å². The smallest absolute Gasteiger partial charge is 0.115 e. The lowest BCUT2D eigenvalue weighted by Crippen LogP contribution is -2.31. The molecule has 0 aliphatic carbocycles. The van der Waals surface area contributed by atoms with Crippen LogP contribution in [0.15, 0.2) is 46.9 Å². The Morgan fingerprint density at radius 2 is 2.05 bits per heavy atom. The molecule has 1 aliphatic heterocycles. The Kier molecular flexibility index (Phi) is 3.58. The lowest BCUT2D eigenvalue weighted by Gasteiger charge is -2.27. The summed E-state index contributed by atoms with van der Waals surface area (Å²) in [6.07, 6.45) is 1.94. The molecule has 0 spiro atoms. The van der Waals surface area contributed by atoms with Crippen LogP contribution in [0.4, 0.5) is 0 Å². The van der Waals surface area contributed by atoms with Gasteiger partial charge in [-0.05, 0) is 54.3 Å². The number of hydrogen-bond donors (Lipinski definition) is 2. The van der Waals surface area contributed by atoms with Crippen molar-refractivity contribution in [2.75, 3.05) is 6.54 Å². The Hall–Kier alpha value is -1.32. The average Bonchev–Trinajstić information content (AvgIpc) is 2.41. The van der Waals surface area contributed by atoms with Crippen molar-refractivity contribution in [3.05, 3.63) is 63.6 Å². The molecule has 3 rings (SSSR count). The van der Waals surface area contributed by atoms with Gasteiger partial charge in [0.25, 0.3) is 0 Å². The van der Waals surface area contributed by atoms with Crippen LogP contribution in [0.5, 0.6) is 5.75 Å². The number of phenolic OH excluding ortho intramolecular Hbond substituents is 1. The molecular weight excluding hydrogens is 302 g/mol. The van der Waals surface area contributed by atoms with Gasteiger partial charge in [-0.3, -0.25) is 0 Å². The topological polar surface area (TPSA) is 32.3 Å². The van der Waals surface area contributed by atoms with Crippen LogP contribution in [-0.4, -0.2) is 11.7 Å². The van der Waals surface area contributed by atoms with E-state index >= 15 is 0 Å². The summed E-state index contributed by atoms with van der Waals surface area (Å²) in [6.45, 7) is 0.964. The van der Waals surface area contributed by atoms with Crippen LogP contribution in [0.3, 0.4) is 0 Å². The Balaban J connectivity index is 1.90. The second-order valence-corrected chi connectivity index (χ2v) is 5.79. The number of aromatic hydroxyl groups is 1. The molecular formula is C16H16BrNO. The van der Waals surface area contributed by atoms with Gasteiger partial charge in [0, 0.05) is 10.5 Å². The molecule has 2 nitrogen and oxygen atoms in total. The van der Waals surface area contributed by atoms with Gasteiger partial charge in [0.15, 0.2) is 0 Å². The summed E-state index contributed by atoms with van der Waals surface area (Å²) in [4.78, 5) is 0. The fourth-order valence-electron chi connectivity index (χ4n) is 2.71. The van der Waals surface area contributed by atoms with E-state index < -0.39 is 0 Å². The van der Waals surface area contributed by atoms with Crippen molar-refractivity contribution in [3.8, 4) is 5.75 Å². The summed E-state index contributed by atoms with van der Waals surface area (Å²) in [6, 6.07) is 14.4. The van der Waals surface area contributed by atoms with Gasteiger partial charge in [-0.2, -0.15) is 0 Å². The first-order chi connectivity index (χ1) is 9.24. The quantitative estimate of drug-likeness (QED) is 0.887. The summed E-state index contributed by atoms with van der Waals surface area (Å²) in [5, 5.41) is 13.1. The molecule has 2 N–H and O–H groups in total. The van der Waals surface area contributed by atoms with E-state index in [2.05, 4.69) is 39.4 Å². The summed E-state index contributed by atoms with van der Waals surface area (Å²) < 4.78 is 1.16. The molecule has 98 valence electrons. The van der Waals surface area contributed by atoms with Crippen molar-refractivity contribution in [2.24, 2.45) is 0 Å². The fraction of sp³-hybridized carbons (Fsp3) is 0.250. The predicted molar refractivity (Wildman–Crippen MR) is 80.4 cm³/mol. The van der Waals surface area contributed by atoms with Crippen LogP contribution in [0.25, 0.3) is 0 Å². The lowest BCUT2D eigenvalue weighted by atomic mass is 9.90. The maximum Gasteiger partial charge on any atom is 0.115 e. The number of fused-ring (bicyclic) bond motifs is 1. The lowest BCUT2D eigenvalue weighted by molar-refractivity contribution is 0.466. The molecule has 0 amide bonds. The van der Waals surface area contributed by atoms with Crippen LogP contribution < -0.4 is 5.32 Å². The molecule has 1 unspecified atom stereocenters. The summed E-state index contributed by atoms with van der Waals surface area (Å²) in [7, 11) is 0. The van der Waals surface area contributed by atoms with Crippen molar-refractivity contribution in [2.45, 2.75) is 18.9 Å². The number of rotatable bonds is 2. The van der Waals surface area contributed by atoms with E-state index in [1.54, 1.807) is 6.07 Å². The molecule has 1 atom stereocenters. The van der Waals surface area contributed by atoms with E-state index in [1.165, 1.54) is 16.7 Å². The second-order valence-electron chi connectivity index (χ2n) is 4.94. The van der Waals surface area contributed by atoms with Gasteiger partial charge in [-0.15, -0.1) is 0 Å². The van der Waals surface area contributed by atoms with Crippen LogP contribution in [0.1, 0.15) is 22.7 Å². The largest absolute Gasteiger partial charge is 0.508 e. The molecule has 1 aliphatic rings. The third-order valence-corrected chi connectivity index (χ3v) is 4.44. The van der Waals surface area contributed by atoms with Crippen molar-refractivity contribution in [1.82, 2.24) is 5.32 Å². The highest BCUT2D eigenvalue weighted by Crippen LogP contribution is 2.30. The Bertz CT molecular complexity index is 597. The van der Waals surface area contributed by atoms with E-state index in [0.717, 1.165) is 23.9 Å². The maximum atomic E-state index is 9.58. The zero-order valence-corrected chi connectivity index (χ0v) is 12.2. The average molecular weight is 318 g/mol. The summed E-state index contributed by atoms with van der Waals surface area (Å²) in [5.41, 5.74) is 3.87. The molecule has 0 bridgehead atoms. The first-order valence-corrected chi connectivity index (χ1v) is 7.32. The summed E-state index contributed by atoms with van der Waals surface area (Å²) in [5.74, 6) is 0.361. The number of hydrogen-bond acceptors (Lipinski definition) is 2. The molecule has 2 aromatic carbocycles. The summed E-state index contributed by atoms with van der Waals surface area (Å²) >= 11 is 3.61. The molecule has 19 heavy (non-hydrogen) atoms. The standard InChI is InChI=1S/C16H16BrNO/c17-15-4-2-1-3-12(15)10-16-14-6-5-13(19)9-11(14)7-8-18-16/h1-6,9,16,18-19H,7-8,10H2. The second kappa shape index (κ2) is 5.35. The zero-order chi connectivity index (χ0) is 13.2. The molecule has 0 fully saturated rings.